The minimum atomic E-state index is -0.342. The number of halogens is 1. The summed E-state index contributed by atoms with van der Waals surface area (Å²) in [5.74, 6) is 0.911. The largest absolute Gasteiger partial charge is 0.396 e. The summed E-state index contributed by atoms with van der Waals surface area (Å²) in [5, 5.41) is 12.2. The van der Waals surface area contributed by atoms with Gasteiger partial charge in [-0.15, -0.1) is 0 Å². The zero-order valence-electron chi connectivity index (χ0n) is 9.01. The molecule has 1 heterocycles. The quantitative estimate of drug-likeness (QED) is 0.735. The molecular formula is C10H14ClN3O2. The summed E-state index contributed by atoms with van der Waals surface area (Å²) in [6.45, 7) is 2.45. The van der Waals surface area contributed by atoms with Crippen LogP contribution in [-0.2, 0) is 0 Å². The average Bonchev–Trinajstić information content (AvgIpc) is 3.02. The van der Waals surface area contributed by atoms with Crippen molar-refractivity contribution in [2.75, 3.05) is 18.5 Å². The molecule has 0 aromatic carbocycles. The van der Waals surface area contributed by atoms with E-state index in [1.807, 2.05) is 0 Å². The SMILES string of the molecule is Cc1nc(NCC2(CO)CC2)c(Cl)c(=O)[nH]1. The lowest BCUT2D eigenvalue weighted by Crippen LogP contribution is -2.22. The van der Waals surface area contributed by atoms with Crippen LogP contribution < -0.4 is 10.9 Å². The van der Waals surface area contributed by atoms with Crippen molar-refractivity contribution in [3.63, 3.8) is 0 Å². The molecule has 0 unspecified atom stereocenters. The number of H-pyrrole nitrogens is 1. The van der Waals surface area contributed by atoms with Crippen LogP contribution in [0.1, 0.15) is 18.7 Å². The van der Waals surface area contributed by atoms with Gasteiger partial charge >= 0.3 is 0 Å². The summed E-state index contributed by atoms with van der Waals surface area (Å²) in [4.78, 5) is 18.0. The summed E-state index contributed by atoms with van der Waals surface area (Å²) in [6, 6.07) is 0. The molecule has 3 N–H and O–H groups in total. The molecule has 5 nitrogen and oxygen atoms in total. The molecule has 1 aromatic rings. The van der Waals surface area contributed by atoms with Gasteiger partial charge in [0, 0.05) is 12.0 Å². The molecule has 1 saturated carbocycles. The Kier molecular flexibility index (Phi) is 2.90. The maximum Gasteiger partial charge on any atom is 0.271 e. The van der Waals surface area contributed by atoms with Crippen LogP contribution in [-0.4, -0.2) is 28.2 Å². The number of aliphatic hydroxyl groups excluding tert-OH is 1. The van der Waals surface area contributed by atoms with Crippen molar-refractivity contribution in [3.8, 4) is 0 Å². The van der Waals surface area contributed by atoms with Gasteiger partial charge in [-0.1, -0.05) is 11.6 Å². The predicted molar refractivity (Wildman–Crippen MR) is 61.8 cm³/mol. The van der Waals surface area contributed by atoms with Gasteiger partial charge in [-0.3, -0.25) is 4.79 Å². The van der Waals surface area contributed by atoms with Gasteiger partial charge in [-0.05, 0) is 19.8 Å². The Morgan fingerprint density at radius 2 is 2.31 bits per heavy atom. The number of aryl methyl sites for hydroxylation is 1. The van der Waals surface area contributed by atoms with E-state index in [1.165, 1.54) is 0 Å². The van der Waals surface area contributed by atoms with E-state index in [0.29, 0.717) is 18.2 Å². The first-order valence-electron chi connectivity index (χ1n) is 5.17. The van der Waals surface area contributed by atoms with E-state index < -0.39 is 0 Å². The summed E-state index contributed by atoms with van der Waals surface area (Å²) in [5.41, 5.74) is -0.382. The van der Waals surface area contributed by atoms with Crippen molar-refractivity contribution in [2.45, 2.75) is 19.8 Å². The van der Waals surface area contributed by atoms with Gasteiger partial charge in [-0.2, -0.15) is 0 Å². The first-order chi connectivity index (χ1) is 7.56. The maximum absolute atomic E-state index is 11.4. The van der Waals surface area contributed by atoms with Gasteiger partial charge in [-0.25, -0.2) is 4.98 Å². The van der Waals surface area contributed by atoms with E-state index >= 15 is 0 Å². The fourth-order valence-electron chi connectivity index (χ4n) is 1.53. The maximum atomic E-state index is 11.4. The van der Waals surface area contributed by atoms with Crippen molar-refractivity contribution in [2.24, 2.45) is 5.41 Å². The third-order valence-corrected chi connectivity index (χ3v) is 3.26. The van der Waals surface area contributed by atoms with E-state index in [4.69, 9.17) is 16.7 Å². The van der Waals surface area contributed by atoms with Crippen LogP contribution in [0.4, 0.5) is 5.82 Å². The molecule has 0 aliphatic heterocycles. The molecule has 6 heteroatoms. The smallest absolute Gasteiger partial charge is 0.271 e. The Balaban J connectivity index is 2.12. The molecule has 0 bridgehead atoms. The molecule has 0 amide bonds. The lowest BCUT2D eigenvalue weighted by Gasteiger charge is -2.13. The number of aromatic nitrogens is 2. The van der Waals surface area contributed by atoms with Gasteiger partial charge in [0.1, 0.15) is 10.8 Å². The molecule has 1 aromatic heterocycles. The molecule has 0 atom stereocenters. The molecule has 16 heavy (non-hydrogen) atoms. The minimum absolute atomic E-state index is 0.0402. The Morgan fingerprint density at radius 1 is 1.62 bits per heavy atom. The van der Waals surface area contributed by atoms with E-state index in [9.17, 15) is 4.79 Å². The summed E-state index contributed by atoms with van der Waals surface area (Å²) >= 11 is 5.83. The molecule has 1 aliphatic carbocycles. The highest BCUT2D eigenvalue weighted by molar-refractivity contribution is 6.32. The van der Waals surface area contributed by atoms with Crippen molar-refractivity contribution >= 4 is 17.4 Å². The predicted octanol–water partition coefficient (Wildman–Crippen LogP) is 0.916. The normalized spacial score (nSPS) is 17.2. The van der Waals surface area contributed by atoms with Gasteiger partial charge in [0.15, 0.2) is 5.82 Å². The molecule has 1 aliphatic rings. The highest BCUT2D eigenvalue weighted by Crippen LogP contribution is 2.44. The second-order valence-electron chi connectivity index (χ2n) is 4.33. The second kappa shape index (κ2) is 4.07. The Morgan fingerprint density at radius 3 is 2.88 bits per heavy atom. The summed E-state index contributed by atoms with van der Waals surface area (Å²) in [7, 11) is 0. The number of nitrogens with one attached hydrogen (secondary N) is 2. The number of aromatic amines is 1. The molecule has 88 valence electrons. The van der Waals surface area contributed by atoms with Crippen LogP contribution in [0.5, 0.6) is 0 Å². The van der Waals surface area contributed by atoms with Crippen LogP contribution in [0, 0.1) is 12.3 Å². The number of hydrogen-bond donors (Lipinski definition) is 3. The Hall–Kier alpha value is -1.07. The molecule has 0 radical (unpaired) electrons. The van der Waals surface area contributed by atoms with E-state index in [-0.39, 0.29) is 22.6 Å². The molecule has 0 saturated heterocycles. The van der Waals surface area contributed by atoms with Crippen molar-refractivity contribution in [1.82, 2.24) is 9.97 Å². The average molecular weight is 244 g/mol. The van der Waals surface area contributed by atoms with Crippen LogP contribution >= 0.6 is 11.6 Å². The number of nitrogens with zero attached hydrogens (tertiary/aromatic N) is 1. The van der Waals surface area contributed by atoms with Gasteiger partial charge < -0.3 is 15.4 Å². The monoisotopic (exact) mass is 243 g/mol. The van der Waals surface area contributed by atoms with Crippen molar-refractivity contribution in [3.05, 3.63) is 21.2 Å². The zero-order valence-corrected chi connectivity index (χ0v) is 9.76. The first-order valence-corrected chi connectivity index (χ1v) is 5.55. The lowest BCUT2D eigenvalue weighted by atomic mass is 10.1. The Bertz CT molecular complexity index is 454. The Labute approximate surface area is 97.9 Å². The third-order valence-electron chi connectivity index (χ3n) is 2.90. The van der Waals surface area contributed by atoms with Crippen molar-refractivity contribution < 1.29 is 5.11 Å². The first kappa shape index (κ1) is 11.4. The topological polar surface area (TPSA) is 78.0 Å². The standard InChI is InChI=1S/C10H14ClN3O2/c1-6-13-8(7(11)9(16)14-6)12-4-10(5-15)2-3-10/h15H,2-5H2,1H3,(H2,12,13,14,16). The number of aliphatic hydroxyl groups is 1. The van der Waals surface area contributed by atoms with Crippen LogP contribution in [0.15, 0.2) is 4.79 Å². The fourth-order valence-corrected chi connectivity index (χ4v) is 1.68. The third kappa shape index (κ3) is 2.20. The van der Waals surface area contributed by atoms with Crippen LogP contribution in [0.25, 0.3) is 0 Å². The molecule has 2 rings (SSSR count). The lowest BCUT2D eigenvalue weighted by molar-refractivity contribution is 0.219. The highest BCUT2D eigenvalue weighted by atomic mass is 35.5. The van der Waals surface area contributed by atoms with Gasteiger partial charge in [0.05, 0.1) is 6.61 Å². The van der Waals surface area contributed by atoms with Gasteiger partial charge in [0.2, 0.25) is 0 Å². The number of rotatable bonds is 4. The van der Waals surface area contributed by atoms with Crippen LogP contribution in [0.2, 0.25) is 5.02 Å². The van der Waals surface area contributed by atoms with Crippen molar-refractivity contribution in [1.29, 1.82) is 0 Å². The molecular weight excluding hydrogens is 230 g/mol. The fraction of sp³-hybridized carbons (Fsp3) is 0.600. The molecule has 1 fully saturated rings. The summed E-state index contributed by atoms with van der Waals surface area (Å²) < 4.78 is 0. The van der Waals surface area contributed by atoms with Crippen LogP contribution in [0.3, 0.4) is 0 Å². The number of hydrogen-bond acceptors (Lipinski definition) is 4. The number of anilines is 1. The minimum Gasteiger partial charge on any atom is -0.396 e. The van der Waals surface area contributed by atoms with E-state index in [2.05, 4.69) is 15.3 Å². The highest BCUT2D eigenvalue weighted by Gasteiger charge is 2.41. The summed E-state index contributed by atoms with van der Waals surface area (Å²) in [6.07, 6.45) is 1.99. The van der Waals surface area contributed by atoms with Gasteiger partial charge in [0.25, 0.3) is 5.56 Å². The van der Waals surface area contributed by atoms with E-state index in [1.54, 1.807) is 6.92 Å². The zero-order chi connectivity index (χ0) is 11.8. The van der Waals surface area contributed by atoms with E-state index in [0.717, 1.165) is 12.8 Å². The second-order valence-corrected chi connectivity index (χ2v) is 4.70. The molecule has 0 spiro atoms.